The summed E-state index contributed by atoms with van der Waals surface area (Å²) in [5, 5.41) is 0. The van der Waals surface area contributed by atoms with Crippen molar-refractivity contribution >= 4 is 27.5 Å². The summed E-state index contributed by atoms with van der Waals surface area (Å²) in [5.74, 6) is 1.79. The predicted molar refractivity (Wildman–Crippen MR) is 89.0 cm³/mol. The minimum atomic E-state index is 0.306. The van der Waals surface area contributed by atoms with Crippen molar-refractivity contribution in [3.8, 4) is 5.75 Å². The van der Waals surface area contributed by atoms with Gasteiger partial charge in [0.05, 0.1) is 7.11 Å². The van der Waals surface area contributed by atoms with Gasteiger partial charge in [0.1, 0.15) is 5.75 Å². The molecule has 0 bridgehead atoms. The monoisotopic (exact) mass is 352 g/mol. The van der Waals surface area contributed by atoms with E-state index in [9.17, 15) is 0 Å². The van der Waals surface area contributed by atoms with E-state index in [2.05, 4.69) is 53.2 Å². The third kappa shape index (κ3) is 3.77. The first-order valence-electron chi connectivity index (χ1n) is 6.59. The lowest BCUT2D eigenvalue weighted by Gasteiger charge is -2.16. The van der Waals surface area contributed by atoms with Crippen LogP contribution in [-0.4, -0.2) is 13.0 Å². The van der Waals surface area contributed by atoms with Gasteiger partial charge in [0.2, 0.25) is 0 Å². The number of rotatable bonds is 5. The van der Waals surface area contributed by atoms with Gasteiger partial charge in [0, 0.05) is 16.3 Å². The van der Waals surface area contributed by atoms with E-state index in [0.29, 0.717) is 11.8 Å². The smallest absolute Gasteiger partial charge is 0.119 e. The Hall–Kier alpha value is -0.990. The lowest BCUT2D eigenvalue weighted by molar-refractivity contribution is 0.414. The number of hydrogen-bond acceptors (Lipinski definition) is 1. The zero-order valence-corrected chi connectivity index (χ0v) is 14.0. The summed E-state index contributed by atoms with van der Waals surface area (Å²) >= 11 is 9.77. The highest BCUT2D eigenvalue weighted by molar-refractivity contribution is 9.10. The van der Waals surface area contributed by atoms with E-state index >= 15 is 0 Å². The van der Waals surface area contributed by atoms with Crippen LogP contribution in [0.4, 0.5) is 0 Å². The fourth-order valence-electron chi connectivity index (χ4n) is 2.20. The Bertz CT molecular complexity index is 566. The van der Waals surface area contributed by atoms with E-state index in [1.807, 2.05) is 12.1 Å². The molecule has 0 radical (unpaired) electrons. The summed E-state index contributed by atoms with van der Waals surface area (Å²) in [6, 6.07) is 14.6. The fraction of sp³-hybridized carbons (Fsp3) is 0.294. The maximum atomic E-state index is 6.17. The molecule has 0 aromatic heterocycles. The quantitative estimate of drug-likeness (QED) is 0.660. The van der Waals surface area contributed by atoms with Gasteiger partial charge in [0.15, 0.2) is 0 Å². The molecule has 20 heavy (non-hydrogen) atoms. The normalized spacial score (nSPS) is 12.2. The Morgan fingerprint density at radius 3 is 2.45 bits per heavy atom. The zero-order chi connectivity index (χ0) is 14.5. The Morgan fingerprint density at radius 2 is 1.85 bits per heavy atom. The molecule has 0 aliphatic rings. The maximum Gasteiger partial charge on any atom is 0.119 e. The molecule has 1 atom stereocenters. The molecule has 0 spiro atoms. The Labute approximate surface area is 134 Å². The van der Waals surface area contributed by atoms with Crippen molar-refractivity contribution in [2.75, 3.05) is 13.0 Å². The second-order valence-corrected chi connectivity index (χ2v) is 6.09. The summed E-state index contributed by atoms with van der Waals surface area (Å²) < 4.78 is 6.39. The third-order valence-corrected chi connectivity index (χ3v) is 4.60. The molecule has 0 heterocycles. The zero-order valence-electron chi connectivity index (χ0n) is 11.7. The van der Waals surface area contributed by atoms with E-state index in [1.54, 1.807) is 7.11 Å². The Balaban J connectivity index is 2.23. The highest BCUT2D eigenvalue weighted by atomic mass is 79.9. The number of methoxy groups -OCH3 is 1. The molecule has 3 heteroatoms. The van der Waals surface area contributed by atoms with Crippen LogP contribution < -0.4 is 4.74 Å². The van der Waals surface area contributed by atoms with E-state index < -0.39 is 0 Å². The van der Waals surface area contributed by atoms with Crippen molar-refractivity contribution in [1.29, 1.82) is 0 Å². The van der Waals surface area contributed by atoms with Crippen LogP contribution in [0.2, 0.25) is 0 Å². The number of ether oxygens (including phenoxy) is 1. The minimum Gasteiger partial charge on any atom is -0.497 e. The van der Waals surface area contributed by atoms with Crippen LogP contribution in [0.15, 0.2) is 46.9 Å². The van der Waals surface area contributed by atoms with Crippen molar-refractivity contribution in [3.05, 3.63) is 63.6 Å². The van der Waals surface area contributed by atoms with Crippen LogP contribution in [0, 0.1) is 6.92 Å². The largest absolute Gasteiger partial charge is 0.497 e. The van der Waals surface area contributed by atoms with E-state index in [0.717, 1.165) is 16.6 Å². The first-order chi connectivity index (χ1) is 9.63. The SMILES string of the molecule is COc1ccc(Br)c(CC(CCl)c2ccc(C)cc2)c1. The standard InChI is InChI=1S/C17H18BrClO/c1-12-3-5-13(6-4-12)15(11-19)9-14-10-16(20-2)7-8-17(14)18/h3-8,10,15H,9,11H2,1-2H3. The molecule has 0 saturated heterocycles. The average molecular weight is 354 g/mol. The highest BCUT2D eigenvalue weighted by Gasteiger charge is 2.13. The average Bonchev–Trinajstić information content (AvgIpc) is 2.47. The van der Waals surface area contributed by atoms with Gasteiger partial charge in [-0.25, -0.2) is 0 Å². The first-order valence-corrected chi connectivity index (χ1v) is 7.91. The number of aryl methyl sites for hydroxylation is 1. The molecule has 0 aliphatic heterocycles. The van der Waals surface area contributed by atoms with Crippen LogP contribution in [-0.2, 0) is 6.42 Å². The van der Waals surface area contributed by atoms with Crippen molar-refractivity contribution in [3.63, 3.8) is 0 Å². The molecular formula is C17H18BrClO. The van der Waals surface area contributed by atoms with Crippen molar-refractivity contribution < 1.29 is 4.74 Å². The van der Waals surface area contributed by atoms with Crippen LogP contribution in [0.5, 0.6) is 5.75 Å². The molecule has 2 aromatic carbocycles. The summed E-state index contributed by atoms with van der Waals surface area (Å²) in [6.45, 7) is 2.10. The van der Waals surface area contributed by atoms with Crippen molar-refractivity contribution in [2.24, 2.45) is 0 Å². The Kier molecular flexibility index (Phi) is 5.50. The number of hydrogen-bond donors (Lipinski definition) is 0. The van der Waals surface area contributed by atoms with Gasteiger partial charge in [-0.2, -0.15) is 0 Å². The molecule has 2 aromatic rings. The molecule has 0 saturated carbocycles. The summed E-state index contributed by atoms with van der Waals surface area (Å²) in [4.78, 5) is 0. The van der Waals surface area contributed by atoms with Gasteiger partial charge in [-0.3, -0.25) is 0 Å². The molecule has 1 unspecified atom stereocenters. The molecule has 0 amide bonds. The molecule has 106 valence electrons. The van der Waals surface area contributed by atoms with Gasteiger partial charge < -0.3 is 4.74 Å². The van der Waals surface area contributed by atoms with E-state index in [-0.39, 0.29) is 0 Å². The Morgan fingerprint density at radius 1 is 1.15 bits per heavy atom. The third-order valence-electron chi connectivity index (χ3n) is 3.45. The topological polar surface area (TPSA) is 9.23 Å². The fourth-order valence-corrected chi connectivity index (χ4v) is 2.90. The van der Waals surface area contributed by atoms with Crippen LogP contribution in [0.1, 0.15) is 22.6 Å². The lowest BCUT2D eigenvalue weighted by Crippen LogP contribution is -2.05. The summed E-state index contributed by atoms with van der Waals surface area (Å²) in [7, 11) is 1.69. The minimum absolute atomic E-state index is 0.306. The summed E-state index contributed by atoms with van der Waals surface area (Å²) in [6.07, 6.45) is 0.893. The molecular weight excluding hydrogens is 336 g/mol. The van der Waals surface area contributed by atoms with Gasteiger partial charge in [-0.05, 0) is 42.7 Å². The molecule has 0 fully saturated rings. The number of alkyl halides is 1. The molecule has 2 rings (SSSR count). The predicted octanol–water partition coefficient (Wildman–Crippen LogP) is 5.33. The van der Waals surface area contributed by atoms with Crippen LogP contribution in [0.3, 0.4) is 0 Å². The van der Waals surface area contributed by atoms with Gasteiger partial charge in [-0.1, -0.05) is 45.8 Å². The molecule has 0 N–H and O–H groups in total. The second kappa shape index (κ2) is 7.14. The summed E-state index contributed by atoms with van der Waals surface area (Å²) in [5.41, 5.74) is 3.76. The lowest BCUT2D eigenvalue weighted by atomic mass is 9.93. The van der Waals surface area contributed by atoms with Crippen LogP contribution in [0.25, 0.3) is 0 Å². The molecule has 0 aliphatic carbocycles. The van der Waals surface area contributed by atoms with Crippen molar-refractivity contribution in [1.82, 2.24) is 0 Å². The highest BCUT2D eigenvalue weighted by Crippen LogP contribution is 2.29. The van der Waals surface area contributed by atoms with Crippen LogP contribution >= 0.6 is 27.5 Å². The maximum absolute atomic E-state index is 6.17. The number of benzene rings is 2. The van der Waals surface area contributed by atoms with E-state index in [4.69, 9.17) is 16.3 Å². The van der Waals surface area contributed by atoms with Gasteiger partial charge in [0.25, 0.3) is 0 Å². The molecule has 1 nitrogen and oxygen atoms in total. The van der Waals surface area contributed by atoms with Gasteiger partial charge >= 0.3 is 0 Å². The van der Waals surface area contributed by atoms with Gasteiger partial charge in [-0.15, -0.1) is 11.6 Å². The van der Waals surface area contributed by atoms with E-state index in [1.165, 1.54) is 16.7 Å². The second-order valence-electron chi connectivity index (χ2n) is 4.92. The van der Waals surface area contributed by atoms with Crippen molar-refractivity contribution in [2.45, 2.75) is 19.3 Å². The number of halogens is 2. The first kappa shape index (κ1) is 15.4.